The fourth-order valence-corrected chi connectivity index (χ4v) is 4.41. The van der Waals surface area contributed by atoms with Gasteiger partial charge in [0.2, 0.25) is 0 Å². The fourth-order valence-electron chi connectivity index (χ4n) is 3.86. The number of rotatable bonds is 7. The van der Waals surface area contributed by atoms with Gasteiger partial charge in [-0.25, -0.2) is 4.98 Å². The highest BCUT2D eigenvalue weighted by Gasteiger charge is 2.30. The zero-order valence-electron chi connectivity index (χ0n) is 15.9. The molecule has 6 nitrogen and oxygen atoms in total. The molecule has 1 saturated heterocycles. The summed E-state index contributed by atoms with van der Waals surface area (Å²) < 4.78 is 7.57. The fraction of sp³-hybridized carbons (Fsp3) is 0.333. The van der Waals surface area contributed by atoms with Crippen LogP contribution in [-0.2, 0) is 0 Å². The molecule has 1 atom stereocenters. The number of benzene rings is 1. The van der Waals surface area contributed by atoms with E-state index in [-0.39, 0.29) is 11.9 Å². The van der Waals surface area contributed by atoms with Crippen LogP contribution >= 0.6 is 11.8 Å². The first kappa shape index (κ1) is 18.8. The Hall–Kier alpha value is -2.51. The lowest BCUT2D eigenvalue weighted by Gasteiger charge is -2.23. The summed E-state index contributed by atoms with van der Waals surface area (Å²) in [5.74, 6) is 0.811. The van der Waals surface area contributed by atoms with E-state index in [4.69, 9.17) is 4.42 Å². The summed E-state index contributed by atoms with van der Waals surface area (Å²) in [6, 6.07) is 13.9. The van der Waals surface area contributed by atoms with Gasteiger partial charge in [0.25, 0.3) is 5.91 Å². The van der Waals surface area contributed by atoms with E-state index >= 15 is 0 Å². The van der Waals surface area contributed by atoms with Crippen molar-refractivity contribution in [3.8, 4) is 5.69 Å². The minimum Gasteiger partial charge on any atom is -0.463 e. The Labute approximate surface area is 168 Å². The lowest BCUT2D eigenvalue weighted by Crippen LogP contribution is -3.11. The largest absolute Gasteiger partial charge is 0.463 e. The molecule has 0 unspecified atom stereocenters. The highest BCUT2D eigenvalue weighted by molar-refractivity contribution is 7.98. The van der Waals surface area contributed by atoms with Crippen LogP contribution in [0.1, 0.15) is 35.1 Å². The molecular formula is C21H25N4O2S+. The van der Waals surface area contributed by atoms with Gasteiger partial charge in [-0.1, -0.05) is 30.0 Å². The standard InChI is InChI=1S/C21H24N4O2S/c1-28-21-23-15-18(25(21)16-8-3-2-4-9-16)20(26)22-14-17(19-10-7-13-27-19)24-11-5-6-12-24/h2-4,7-10,13,15,17H,5-6,11-12,14H2,1H3,(H,22,26)/p+1/t17-/m1/s1. The number of nitrogens with zero attached hydrogens (tertiary/aromatic N) is 2. The van der Waals surface area contributed by atoms with Crippen LogP contribution in [0.4, 0.5) is 0 Å². The third kappa shape index (κ3) is 3.86. The second-order valence-electron chi connectivity index (χ2n) is 6.94. The van der Waals surface area contributed by atoms with Crippen molar-refractivity contribution in [3.05, 3.63) is 66.4 Å². The smallest absolute Gasteiger partial charge is 0.270 e. The molecule has 1 fully saturated rings. The first-order valence-corrected chi connectivity index (χ1v) is 10.8. The highest BCUT2D eigenvalue weighted by Crippen LogP contribution is 2.21. The average molecular weight is 398 g/mol. The number of carbonyl (C=O) groups is 1. The summed E-state index contributed by atoms with van der Waals surface area (Å²) in [7, 11) is 0. The Balaban J connectivity index is 1.54. The minimum atomic E-state index is -0.119. The number of quaternary nitrogens is 1. The first-order valence-electron chi connectivity index (χ1n) is 9.61. The molecule has 146 valence electrons. The molecule has 1 aromatic carbocycles. The molecule has 1 amide bonds. The highest BCUT2D eigenvalue weighted by atomic mass is 32.2. The molecule has 0 spiro atoms. The third-order valence-electron chi connectivity index (χ3n) is 5.25. The predicted molar refractivity (Wildman–Crippen MR) is 109 cm³/mol. The number of likely N-dealkylation sites (tertiary alicyclic amines) is 1. The molecule has 7 heteroatoms. The number of aromatic nitrogens is 2. The number of hydrogen-bond acceptors (Lipinski definition) is 4. The molecule has 0 aliphatic carbocycles. The Kier molecular flexibility index (Phi) is 5.83. The third-order valence-corrected chi connectivity index (χ3v) is 5.90. The Morgan fingerprint density at radius 3 is 2.71 bits per heavy atom. The molecular weight excluding hydrogens is 372 g/mol. The van der Waals surface area contributed by atoms with Crippen molar-refractivity contribution in [2.75, 3.05) is 25.9 Å². The van der Waals surface area contributed by atoms with E-state index in [1.54, 1.807) is 12.5 Å². The van der Waals surface area contributed by atoms with Crippen LogP contribution in [0.25, 0.3) is 5.69 Å². The van der Waals surface area contributed by atoms with E-state index in [0.29, 0.717) is 12.2 Å². The van der Waals surface area contributed by atoms with Crippen LogP contribution < -0.4 is 10.2 Å². The topological polar surface area (TPSA) is 64.5 Å². The molecule has 0 radical (unpaired) electrons. The van der Waals surface area contributed by atoms with E-state index in [1.807, 2.05) is 53.3 Å². The number of imidazole rings is 1. The van der Waals surface area contributed by atoms with Gasteiger partial charge >= 0.3 is 0 Å². The van der Waals surface area contributed by atoms with Crippen molar-refractivity contribution in [3.63, 3.8) is 0 Å². The normalized spacial score (nSPS) is 15.6. The number of amides is 1. The lowest BCUT2D eigenvalue weighted by atomic mass is 10.2. The van der Waals surface area contributed by atoms with E-state index in [2.05, 4.69) is 10.3 Å². The van der Waals surface area contributed by atoms with E-state index < -0.39 is 0 Å². The van der Waals surface area contributed by atoms with Crippen LogP contribution in [0.2, 0.25) is 0 Å². The van der Waals surface area contributed by atoms with Crippen molar-refractivity contribution >= 4 is 17.7 Å². The SMILES string of the molecule is CSc1ncc(C(=O)NC[C@H](c2ccco2)[NH+]2CCCC2)n1-c1ccccc1. The summed E-state index contributed by atoms with van der Waals surface area (Å²) >= 11 is 1.52. The van der Waals surface area contributed by atoms with Crippen LogP contribution in [0.3, 0.4) is 0 Å². The average Bonchev–Trinajstić information content (AvgIpc) is 3.49. The monoisotopic (exact) mass is 397 g/mol. The molecule has 28 heavy (non-hydrogen) atoms. The predicted octanol–water partition coefficient (Wildman–Crippen LogP) is 2.34. The number of carbonyl (C=O) groups excluding carboxylic acids is 1. The van der Waals surface area contributed by atoms with E-state index in [0.717, 1.165) is 29.7 Å². The summed E-state index contributed by atoms with van der Waals surface area (Å²) in [5.41, 5.74) is 1.48. The summed E-state index contributed by atoms with van der Waals surface area (Å²) in [5, 5.41) is 3.92. The quantitative estimate of drug-likeness (QED) is 0.601. The maximum absolute atomic E-state index is 13.0. The molecule has 2 aromatic heterocycles. The van der Waals surface area contributed by atoms with Crippen molar-refractivity contribution in [1.82, 2.24) is 14.9 Å². The number of nitrogens with one attached hydrogen (secondary N) is 2. The lowest BCUT2D eigenvalue weighted by molar-refractivity contribution is -0.919. The van der Waals surface area contributed by atoms with Gasteiger partial charge in [-0.3, -0.25) is 9.36 Å². The van der Waals surface area contributed by atoms with Crippen LogP contribution in [0.5, 0.6) is 0 Å². The molecule has 3 aromatic rings. The molecule has 0 saturated carbocycles. The molecule has 2 N–H and O–H groups in total. The van der Waals surface area contributed by atoms with Gasteiger partial charge in [-0.15, -0.1) is 0 Å². The zero-order valence-corrected chi connectivity index (χ0v) is 16.7. The maximum atomic E-state index is 13.0. The maximum Gasteiger partial charge on any atom is 0.270 e. The van der Waals surface area contributed by atoms with Gasteiger partial charge < -0.3 is 14.6 Å². The molecule has 1 aliphatic rings. The first-order chi connectivity index (χ1) is 13.8. The summed E-state index contributed by atoms with van der Waals surface area (Å²) in [6.45, 7) is 2.76. The van der Waals surface area contributed by atoms with Gasteiger partial charge in [0.05, 0.1) is 32.1 Å². The molecule has 4 rings (SSSR count). The van der Waals surface area contributed by atoms with Gasteiger partial charge in [0, 0.05) is 18.5 Å². The van der Waals surface area contributed by atoms with Crippen molar-refractivity contribution in [2.24, 2.45) is 0 Å². The van der Waals surface area contributed by atoms with Crippen LogP contribution in [0, 0.1) is 0 Å². The van der Waals surface area contributed by atoms with Crippen molar-refractivity contribution in [2.45, 2.75) is 24.0 Å². The Morgan fingerprint density at radius 1 is 1.25 bits per heavy atom. The molecule has 0 bridgehead atoms. The summed E-state index contributed by atoms with van der Waals surface area (Å²) in [6.07, 6.45) is 7.76. The number of para-hydroxylation sites is 1. The minimum absolute atomic E-state index is 0.119. The number of thioether (sulfide) groups is 1. The second kappa shape index (κ2) is 8.67. The van der Waals surface area contributed by atoms with Crippen LogP contribution in [-0.4, -0.2) is 41.3 Å². The Bertz CT molecular complexity index is 902. The zero-order chi connectivity index (χ0) is 19.3. The van der Waals surface area contributed by atoms with Gasteiger partial charge in [-0.2, -0.15) is 0 Å². The molecule has 1 aliphatic heterocycles. The van der Waals surface area contributed by atoms with Crippen molar-refractivity contribution < 1.29 is 14.1 Å². The van der Waals surface area contributed by atoms with Gasteiger partial charge in [0.1, 0.15) is 5.69 Å². The number of furan rings is 1. The summed E-state index contributed by atoms with van der Waals surface area (Å²) in [4.78, 5) is 18.9. The van der Waals surface area contributed by atoms with E-state index in [9.17, 15) is 4.79 Å². The van der Waals surface area contributed by atoms with E-state index in [1.165, 1.54) is 29.5 Å². The van der Waals surface area contributed by atoms with Gasteiger partial charge in [0.15, 0.2) is 17.0 Å². The second-order valence-corrected chi connectivity index (χ2v) is 7.72. The van der Waals surface area contributed by atoms with Crippen LogP contribution in [0.15, 0.2) is 64.5 Å². The molecule has 3 heterocycles. The van der Waals surface area contributed by atoms with Gasteiger partial charge in [-0.05, 0) is 30.5 Å². The van der Waals surface area contributed by atoms with Crippen molar-refractivity contribution in [1.29, 1.82) is 0 Å². The number of hydrogen-bond donors (Lipinski definition) is 2. The Morgan fingerprint density at radius 2 is 2.04 bits per heavy atom.